The summed E-state index contributed by atoms with van der Waals surface area (Å²) in [6.07, 6.45) is 5.09. The molecule has 0 atom stereocenters. The van der Waals surface area contributed by atoms with Crippen LogP contribution in [0.3, 0.4) is 0 Å². The lowest BCUT2D eigenvalue weighted by atomic mass is 9.89. The van der Waals surface area contributed by atoms with E-state index in [1.165, 1.54) is 0 Å². The van der Waals surface area contributed by atoms with Gasteiger partial charge in [0.1, 0.15) is 11.3 Å². The monoisotopic (exact) mass is 279 g/mol. The lowest BCUT2D eigenvalue weighted by Gasteiger charge is -2.34. The zero-order valence-electron chi connectivity index (χ0n) is 12.2. The van der Waals surface area contributed by atoms with Crippen molar-refractivity contribution < 1.29 is 0 Å². The van der Waals surface area contributed by atoms with Crippen molar-refractivity contribution in [3.05, 3.63) is 23.7 Å². The standard InChI is InChI=1S/C15H22ClN3/c1-5-15(6-2,7-3)19-13(9-16)18-12-8-11(4)10-17-14(12)19/h8,10H,5-7,9H2,1-4H3. The summed E-state index contributed by atoms with van der Waals surface area (Å²) in [5.74, 6) is 1.36. The Morgan fingerprint density at radius 1 is 1.21 bits per heavy atom. The van der Waals surface area contributed by atoms with Crippen LogP contribution in [-0.4, -0.2) is 14.5 Å². The number of imidazole rings is 1. The van der Waals surface area contributed by atoms with Crippen LogP contribution in [0.25, 0.3) is 11.2 Å². The molecule has 0 saturated heterocycles. The summed E-state index contributed by atoms with van der Waals surface area (Å²) in [6.45, 7) is 8.72. The van der Waals surface area contributed by atoms with E-state index in [-0.39, 0.29) is 5.54 Å². The van der Waals surface area contributed by atoms with Crippen molar-refractivity contribution in [2.45, 2.75) is 58.4 Å². The first kappa shape index (κ1) is 14.3. The highest BCUT2D eigenvalue weighted by atomic mass is 35.5. The minimum absolute atomic E-state index is 0.0707. The molecule has 2 aromatic rings. The molecule has 3 nitrogen and oxygen atoms in total. The van der Waals surface area contributed by atoms with Gasteiger partial charge in [-0.1, -0.05) is 20.8 Å². The van der Waals surface area contributed by atoms with E-state index in [0.29, 0.717) is 5.88 Å². The number of rotatable bonds is 5. The maximum absolute atomic E-state index is 6.11. The van der Waals surface area contributed by atoms with E-state index in [1.807, 2.05) is 13.1 Å². The van der Waals surface area contributed by atoms with Gasteiger partial charge in [0.15, 0.2) is 5.65 Å². The van der Waals surface area contributed by atoms with E-state index >= 15 is 0 Å². The topological polar surface area (TPSA) is 30.7 Å². The van der Waals surface area contributed by atoms with Crippen LogP contribution in [0, 0.1) is 6.92 Å². The van der Waals surface area contributed by atoms with Crippen molar-refractivity contribution in [2.24, 2.45) is 0 Å². The van der Waals surface area contributed by atoms with Crippen LogP contribution in [-0.2, 0) is 11.4 Å². The van der Waals surface area contributed by atoms with Crippen molar-refractivity contribution in [2.75, 3.05) is 0 Å². The van der Waals surface area contributed by atoms with Crippen LogP contribution in [0.4, 0.5) is 0 Å². The van der Waals surface area contributed by atoms with Gasteiger partial charge in [-0.2, -0.15) is 0 Å². The molecule has 0 spiro atoms. The van der Waals surface area contributed by atoms with E-state index in [9.17, 15) is 0 Å². The molecule has 19 heavy (non-hydrogen) atoms. The zero-order valence-corrected chi connectivity index (χ0v) is 13.0. The number of hydrogen-bond donors (Lipinski definition) is 0. The average Bonchev–Trinajstić information content (AvgIpc) is 2.80. The molecule has 0 aliphatic rings. The van der Waals surface area contributed by atoms with Crippen molar-refractivity contribution in [3.8, 4) is 0 Å². The number of aromatic nitrogens is 3. The third-order valence-electron chi connectivity index (χ3n) is 4.27. The highest BCUT2D eigenvalue weighted by molar-refractivity contribution is 6.16. The van der Waals surface area contributed by atoms with Crippen LogP contribution >= 0.6 is 11.6 Å². The van der Waals surface area contributed by atoms with E-state index < -0.39 is 0 Å². The third-order valence-corrected chi connectivity index (χ3v) is 4.51. The predicted molar refractivity (Wildman–Crippen MR) is 80.7 cm³/mol. The number of halogens is 1. The molecule has 2 rings (SSSR count). The van der Waals surface area contributed by atoms with Crippen LogP contribution in [0.2, 0.25) is 0 Å². The average molecular weight is 280 g/mol. The molecule has 0 fully saturated rings. The Morgan fingerprint density at radius 2 is 1.84 bits per heavy atom. The Balaban J connectivity index is 2.76. The molecular formula is C15H22ClN3. The summed E-state index contributed by atoms with van der Waals surface area (Å²) in [5.41, 5.74) is 3.12. The summed E-state index contributed by atoms with van der Waals surface area (Å²) < 4.78 is 2.27. The molecule has 4 heteroatoms. The first-order valence-corrected chi connectivity index (χ1v) is 7.55. The smallest absolute Gasteiger partial charge is 0.160 e. The van der Waals surface area contributed by atoms with Crippen molar-refractivity contribution in [3.63, 3.8) is 0 Å². The second kappa shape index (κ2) is 5.49. The molecule has 0 bridgehead atoms. The minimum Gasteiger partial charge on any atom is -0.305 e. The first-order valence-electron chi connectivity index (χ1n) is 7.02. The zero-order chi connectivity index (χ0) is 14.0. The van der Waals surface area contributed by atoms with Gasteiger partial charge in [0.2, 0.25) is 0 Å². The Labute approximate surface area is 120 Å². The number of alkyl halides is 1. The fraction of sp³-hybridized carbons (Fsp3) is 0.600. The minimum atomic E-state index is 0.0707. The summed E-state index contributed by atoms with van der Waals surface area (Å²) in [7, 11) is 0. The van der Waals surface area contributed by atoms with Crippen LogP contribution in [0.5, 0.6) is 0 Å². The summed E-state index contributed by atoms with van der Waals surface area (Å²) in [4.78, 5) is 9.27. The number of pyridine rings is 1. The van der Waals surface area contributed by atoms with E-state index in [4.69, 9.17) is 11.6 Å². The van der Waals surface area contributed by atoms with Crippen LogP contribution in [0.15, 0.2) is 12.3 Å². The Kier molecular flexibility index (Phi) is 4.14. The van der Waals surface area contributed by atoms with Gasteiger partial charge < -0.3 is 4.57 Å². The van der Waals surface area contributed by atoms with Gasteiger partial charge in [-0.3, -0.25) is 0 Å². The number of hydrogen-bond acceptors (Lipinski definition) is 2. The molecule has 0 amide bonds. The normalized spacial score (nSPS) is 12.3. The van der Waals surface area contributed by atoms with Crippen LogP contribution in [0.1, 0.15) is 51.4 Å². The molecule has 0 radical (unpaired) electrons. The van der Waals surface area contributed by atoms with Gasteiger partial charge in [-0.15, -0.1) is 11.6 Å². The maximum Gasteiger partial charge on any atom is 0.160 e. The third kappa shape index (κ3) is 2.25. The lowest BCUT2D eigenvalue weighted by molar-refractivity contribution is 0.251. The SMILES string of the molecule is CCC(CC)(CC)n1c(CCl)nc2cc(C)cnc21. The molecule has 0 unspecified atom stereocenters. The van der Waals surface area contributed by atoms with Crippen molar-refractivity contribution >= 4 is 22.8 Å². The predicted octanol–water partition coefficient (Wildman–Crippen LogP) is 4.40. The van der Waals surface area contributed by atoms with E-state index in [1.54, 1.807) is 0 Å². The molecule has 0 aliphatic heterocycles. The fourth-order valence-corrected chi connectivity index (χ4v) is 3.10. The number of fused-ring (bicyclic) bond motifs is 1. The van der Waals surface area contributed by atoms with E-state index in [0.717, 1.165) is 41.8 Å². The van der Waals surface area contributed by atoms with Gasteiger partial charge in [-0.05, 0) is 37.8 Å². The van der Waals surface area contributed by atoms with Gasteiger partial charge in [0, 0.05) is 11.7 Å². The highest BCUT2D eigenvalue weighted by Crippen LogP contribution is 2.34. The number of nitrogens with zero attached hydrogens (tertiary/aromatic N) is 3. The Hall–Kier alpha value is -1.09. The molecule has 0 saturated carbocycles. The summed E-state index contributed by atoms with van der Waals surface area (Å²) in [5, 5.41) is 0. The molecule has 104 valence electrons. The van der Waals surface area contributed by atoms with Gasteiger partial charge in [0.05, 0.1) is 5.88 Å². The second-order valence-electron chi connectivity index (χ2n) is 5.14. The van der Waals surface area contributed by atoms with Crippen molar-refractivity contribution in [1.29, 1.82) is 0 Å². The van der Waals surface area contributed by atoms with Gasteiger partial charge in [0.25, 0.3) is 0 Å². The lowest BCUT2D eigenvalue weighted by Crippen LogP contribution is -2.33. The quantitative estimate of drug-likeness (QED) is 0.759. The second-order valence-corrected chi connectivity index (χ2v) is 5.40. The Bertz CT molecular complexity index is 562. The molecular weight excluding hydrogens is 258 g/mol. The molecule has 2 aromatic heterocycles. The molecule has 2 heterocycles. The van der Waals surface area contributed by atoms with E-state index in [2.05, 4.69) is 41.4 Å². The maximum atomic E-state index is 6.11. The van der Waals surface area contributed by atoms with Crippen LogP contribution < -0.4 is 0 Å². The molecule has 0 aromatic carbocycles. The number of aryl methyl sites for hydroxylation is 1. The first-order chi connectivity index (χ1) is 9.11. The summed E-state index contributed by atoms with van der Waals surface area (Å²) in [6, 6.07) is 2.08. The highest BCUT2D eigenvalue weighted by Gasteiger charge is 2.30. The largest absolute Gasteiger partial charge is 0.305 e. The summed E-state index contributed by atoms with van der Waals surface area (Å²) >= 11 is 6.11. The van der Waals surface area contributed by atoms with Crippen molar-refractivity contribution in [1.82, 2.24) is 14.5 Å². The fourth-order valence-electron chi connectivity index (χ4n) is 2.92. The Morgan fingerprint density at radius 3 is 2.37 bits per heavy atom. The van der Waals surface area contributed by atoms with Gasteiger partial charge >= 0.3 is 0 Å². The van der Waals surface area contributed by atoms with Gasteiger partial charge in [-0.25, -0.2) is 9.97 Å². The molecule has 0 aliphatic carbocycles. The molecule has 0 N–H and O–H groups in total.